The van der Waals surface area contributed by atoms with Crippen molar-refractivity contribution >= 4 is 5.91 Å². The van der Waals surface area contributed by atoms with Gasteiger partial charge in [0.15, 0.2) is 0 Å². The highest BCUT2D eigenvalue weighted by atomic mass is 16.1. The van der Waals surface area contributed by atoms with Crippen molar-refractivity contribution in [1.82, 2.24) is 10.6 Å². The zero-order valence-corrected chi connectivity index (χ0v) is 13.4. The highest BCUT2D eigenvalue weighted by Gasteiger charge is 2.53. The third-order valence-corrected chi connectivity index (χ3v) is 7.02. The van der Waals surface area contributed by atoms with Gasteiger partial charge in [-0.2, -0.15) is 0 Å². The standard InChI is InChI=1S/C18H30N2O/c1-12(20-17(21)7-13-2-3-19-11-13)18-8-14-4-15(9-18)6-16(5-14)10-18/h12-16,19H,2-11H2,1H3,(H,20,21). The van der Waals surface area contributed by atoms with Crippen molar-refractivity contribution in [3.05, 3.63) is 0 Å². The predicted molar refractivity (Wildman–Crippen MR) is 83.8 cm³/mol. The number of amides is 1. The fraction of sp³-hybridized carbons (Fsp3) is 0.944. The maximum Gasteiger partial charge on any atom is 0.220 e. The average Bonchev–Trinajstić information content (AvgIpc) is 2.89. The highest BCUT2D eigenvalue weighted by Crippen LogP contribution is 2.61. The molecule has 0 radical (unpaired) electrons. The molecule has 5 rings (SSSR count). The number of hydrogen-bond acceptors (Lipinski definition) is 2. The molecule has 3 heteroatoms. The number of rotatable bonds is 4. The molecule has 118 valence electrons. The smallest absolute Gasteiger partial charge is 0.220 e. The van der Waals surface area contributed by atoms with Crippen molar-refractivity contribution in [3.8, 4) is 0 Å². The monoisotopic (exact) mass is 290 g/mol. The van der Waals surface area contributed by atoms with Gasteiger partial charge in [-0.25, -0.2) is 0 Å². The third-order valence-electron chi connectivity index (χ3n) is 7.02. The lowest BCUT2D eigenvalue weighted by Crippen LogP contribution is -2.55. The van der Waals surface area contributed by atoms with E-state index in [1.807, 2.05) is 0 Å². The quantitative estimate of drug-likeness (QED) is 0.836. The van der Waals surface area contributed by atoms with Gasteiger partial charge in [-0.15, -0.1) is 0 Å². The van der Waals surface area contributed by atoms with Crippen molar-refractivity contribution in [3.63, 3.8) is 0 Å². The second-order valence-electron chi connectivity index (χ2n) is 8.63. The van der Waals surface area contributed by atoms with E-state index in [-0.39, 0.29) is 0 Å². The summed E-state index contributed by atoms with van der Waals surface area (Å²) in [4.78, 5) is 12.4. The van der Waals surface area contributed by atoms with Crippen LogP contribution in [0.25, 0.3) is 0 Å². The zero-order chi connectivity index (χ0) is 14.4. The van der Waals surface area contributed by atoms with Crippen molar-refractivity contribution in [1.29, 1.82) is 0 Å². The molecule has 5 fully saturated rings. The summed E-state index contributed by atoms with van der Waals surface area (Å²) in [5.41, 5.74) is 0.443. The summed E-state index contributed by atoms with van der Waals surface area (Å²) in [6.07, 6.45) is 10.5. The molecule has 0 aromatic heterocycles. The summed E-state index contributed by atoms with van der Waals surface area (Å²) in [6.45, 7) is 4.40. The van der Waals surface area contributed by atoms with Gasteiger partial charge in [-0.3, -0.25) is 4.79 Å². The van der Waals surface area contributed by atoms with Gasteiger partial charge in [0.2, 0.25) is 5.91 Å². The van der Waals surface area contributed by atoms with E-state index in [1.165, 1.54) is 44.9 Å². The first kappa shape index (κ1) is 14.0. The van der Waals surface area contributed by atoms with Crippen LogP contribution >= 0.6 is 0 Å². The molecule has 21 heavy (non-hydrogen) atoms. The number of hydrogen-bond donors (Lipinski definition) is 2. The molecule has 4 saturated carbocycles. The number of nitrogens with one attached hydrogen (secondary N) is 2. The Balaban J connectivity index is 1.38. The summed E-state index contributed by atoms with van der Waals surface area (Å²) in [5.74, 6) is 3.76. The molecule has 2 unspecified atom stereocenters. The average molecular weight is 290 g/mol. The second-order valence-corrected chi connectivity index (χ2v) is 8.63. The van der Waals surface area contributed by atoms with Crippen LogP contribution in [-0.2, 0) is 4.79 Å². The summed E-state index contributed by atoms with van der Waals surface area (Å²) in [5, 5.41) is 6.76. The molecule has 0 spiro atoms. The molecule has 1 aliphatic heterocycles. The van der Waals surface area contributed by atoms with Gasteiger partial charge in [0, 0.05) is 12.5 Å². The number of carbonyl (C=O) groups is 1. The van der Waals surface area contributed by atoms with Crippen LogP contribution < -0.4 is 10.6 Å². The first-order valence-corrected chi connectivity index (χ1v) is 9.13. The Morgan fingerprint density at radius 3 is 2.33 bits per heavy atom. The Morgan fingerprint density at radius 2 is 1.81 bits per heavy atom. The summed E-state index contributed by atoms with van der Waals surface area (Å²) >= 11 is 0. The Labute approximate surface area is 128 Å². The summed E-state index contributed by atoms with van der Waals surface area (Å²) < 4.78 is 0. The fourth-order valence-corrected chi connectivity index (χ4v) is 6.31. The van der Waals surface area contributed by atoms with E-state index in [0.29, 0.717) is 23.3 Å². The van der Waals surface area contributed by atoms with E-state index in [0.717, 1.165) is 37.3 Å². The lowest BCUT2D eigenvalue weighted by Gasteiger charge is -2.59. The molecule has 2 N–H and O–H groups in total. The van der Waals surface area contributed by atoms with Crippen LogP contribution in [0.3, 0.4) is 0 Å². The minimum atomic E-state index is 0.298. The van der Waals surface area contributed by atoms with Crippen LogP contribution in [0.4, 0.5) is 0 Å². The van der Waals surface area contributed by atoms with Crippen molar-refractivity contribution in [2.75, 3.05) is 13.1 Å². The molecule has 5 aliphatic rings. The topological polar surface area (TPSA) is 41.1 Å². The fourth-order valence-electron chi connectivity index (χ4n) is 6.31. The van der Waals surface area contributed by atoms with Crippen LogP contribution in [0.1, 0.15) is 58.3 Å². The molecule has 1 heterocycles. The Morgan fingerprint density at radius 1 is 1.19 bits per heavy atom. The van der Waals surface area contributed by atoms with Crippen molar-refractivity contribution in [2.24, 2.45) is 29.1 Å². The third kappa shape index (κ3) is 2.62. The van der Waals surface area contributed by atoms with E-state index < -0.39 is 0 Å². The van der Waals surface area contributed by atoms with Gasteiger partial charge < -0.3 is 10.6 Å². The maximum atomic E-state index is 12.4. The first-order valence-electron chi connectivity index (χ1n) is 9.13. The normalized spacial score (nSPS) is 45.8. The van der Waals surface area contributed by atoms with Crippen LogP contribution in [0, 0.1) is 29.1 Å². The highest BCUT2D eigenvalue weighted by molar-refractivity contribution is 5.76. The maximum absolute atomic E-state index is 12.4. The van der Waals surface area contributed by atoms with E-state index in [9.17, 15) is 4.79 Å². The number of carbonyl (C=O) groups excluding carboxylic acids is 1. The van der Waals surface area contributed by atoms with Crippen molar-refractivity contribution < 1.29 is 4.79 Å². The molecule has 0 aromatic rings. The van der Waals surface area contributed by atoms with E-state index >= 15 is 0 Å². The lowest BCUT2D eigenvalue weighted by atomic mass is 9.48. The van der Waals surface area contributed by atoms with E-state index in [1.54, 1.807) is 0 Å². The Hall–Kier alpha value is -0.570. The predicted octanol–water partition coefficient (Wildman–Crippen LogP) is 2.71. The molecular weight excluding hydrogens is 260 g/mol. The molecular formula is C18H30N2O. The van der Waals surface area contributed by atoms with Crippen LogP contribution in [0.5, 0.6) is 0 Å². The van der Waals surface area contributed by atoms with Gasteiger partial charge in [0.05, 0.1) is 0 Å². The van der Waals surface area contributed by atoms with E-state index in [2.05, 4.69) is 17.6 Å². The van der Waals surface area contributed by atoms with Crippen LogP contribution in [0.2, 0.25) is 0 Å². The Bertz CT molecular complexity index is 378. The van der Waals surface area contributed by atoms with Crippen LogP contribution in [0.15, 0.2) is 0 Å². The molecule has 1 saturated heterocycles. The molecule has 3 nitrogen and oxygen atoms in total. The molecule has 0 aromatic carbocycles. The van der Waals surface area contributed by atoms with Gasteiger partial charge in [-0.05, 0) is 94.0 Å². The Kier molecular flexibility index (Phi) is 3.52. The zero-order valence-electron chi connectivity index (χ0n) is 13.4. The molecule has 2 atom stereocenters. The van der Waals surface area contributed by atoms with Crippen LogP contribution in [-0.4, -0.2) is 25.0 Å². The molecule has 4 aliphatic carbocycles. The van der Waals surface area contributed by atoms with E-state index in [4.69, 9.17) is 0 Å². The summed E-state index contributed by atoms with van der Waals surface area (Å²) in [6, 6.07) is 0.382. The lowest BCUT2D eigenvalue weighted by molar-refractivity contribution is -0.126. The second kappa shape index (κ2) is 5.26. The minimum absolute atomic E-state index is 0.298. The van der Waals surface area contributed by atoms with Crippen molar-refractivity contribution in [2.45, 2.75) is 64.3 Å². The molecule has 1 amide bonds. The van der Waals surface area contributed by atoms with Gasteiger partial charge in [-0.1, -0.05) is 0 Å². The molecule has 4 bridgehead atoms. The first-order chi connectivity index (χ1) is 10.1. The largest absolute Gasteiger partial charge is 0.353 e. The van der Waals surface area contributed by atoms with Gasteiger partial charge >= 0.3 is 0 Å². The van der Waals surface area contributed by atoms with Gasteiger partial charge in [0.1, 0.15) is 0 Å². The van der Waals surface area contributed by atoms with Gasteiger partial charge in [0.25, 0.3) is 0 Å². The minimum Gasteiger partial charge on any atom is -0.353 e. The SMILES string of the molecule is CC(NC(=O)CC1CCNC1)C12CC3CC(CC(C3)C1)C2. The summed E-state index contributed by atoms with van der Waals surface area (Å²) in [7, 11) is 0.